The molecule has 10 heteroatoms. The molecule has 222 valence electrons. The molecule has 4 rings (SSSR count). The Hall–Kier alpha value is -2.94. The van der Waals surface area contributed by atoms with E-state index in [1.54, 1.807) is 6.07 Å². The molecule has 1 atom stereocenters. The molecule has 1 aliphatic rings. The number of carbonyl (C=O) groups is 1. The highest BCUT2D eigenvalue weighted by Gasteiger charge is 2.19. The normalized spacial score (nSPS) is 14.7. The molecule has 0 radical (unpaired) electrons. The lowest BCUT2D eigenvalue weighted by molar-refractivity contribution is -0.00424. The Kier molecular flexibility index (Phi) is 11.6. The molecule has 0 aliphatic carbocycles. The van der Waals surface area contributed by atoms with Gasteiger partial charge in [0.05, 0.1) is 34.5 Å². The molecule has 1 unspecified atom stereocenters. The summed E-state index contributed by atoms with van der Waals surface area (Å²) in [5.74, 6) is 1.79. The van der Waals surface area contributed by atoms with Crippen LogP contribution in [0.25, 0.3) is 10.9 Å². The number of carbonyl (C=O) groups excluding carboxylic acids is 1. The number of aromatic nitrogens is 1. The minimum atomic E-state index is -0.751. The number of hydrogen-bond acceptors (Lipinski definition) is 8. The molecular formula is C31H39Cl2N3O5. The van der Waals surface area contributed by atoms with Crippen LogP contribution in [0.15, 0.2) is 48.5 Å². The first-order chi connectivity index (χ1) is 19.8. The molecule has 1 aromatic heterocycles. The fraction of sp³-hybridized carbons (Fsp3) is 0.484. The van der Waals surface area contributed by atoms with Gasteiger partial charge in [-0.05, 0) is 61.6 Å². The van der Waals surface area contributed by atoms with Gasteiger partial charge in [0, 0.05) is 43.7 Å². The molecule has 0 N–H and O–H groups in total. The SMILES string of the molecule is CC(C)C(C)COC(=O)OCOc1ccc2ccc(OCCCCN3CCN(c4cccc(Cl)c4Cl)CC3)cc2n1. The molecule has 1 fully saturated rings. The summed E-state index contributed by atoms with van der Waals surface area (Å²) in [6.45, 7) is 11.7. The second-order valence-electron chi connectivity index (χ2n) is 10.7. The van der Waals surface area contributed by atoms with Gasteiger partial charge < -0.3 is 23.8 Å². The number of ether oxygens (including phenoxy) is 4. The van der Waals surface area contributed by atoms with Gasteiger partial charge in [0.1, 0.15) is 5.75 Å². The highest BCUT2D eigenvalue weighted by atomic mass is 35.5. The summed E-state index contributed by atoms with van der Waals surface area (Å²) in [4.78, 5) is 21.1. The summed E-state index contributed by atoms with van der Waals surface area (Å²) in [6, 6.07) is 15.2. The number of benzene rings is 2. The van der Waals surface area contributed by atoms with Crippen molar-refractivity contribution in [3.63, 3.8) is 0 Å². The Morgan fingerprint density at radius 3 is 2.51 bits per heavy atom. The number of pyridine rings is 1. The first-order valence-corrected chi connectivity index (χ1v) is 14.9. The second-order valence-corrected chi connectivity index (χ2v) is 11.4. The van der Waals surface area contributed by atoms with Crippen molar-refractivity contribution in [2.45, 2.75) is 33.6 Å². The average Bonchev–Trinajstić information content (AvgIpc) is 2.97. The third-order valence-electron chi connectivity index (χ3n) is 7.41. The number of hydrogen-bond donors (Lipinski definition) is 0. The van der Waals surface area contributed by atoms with Crippen molar-refractivity contribution < 1.29 is 23.7 Å². The van der Waals surface area contributed by atoms with Crippen LogP contribution in [0, 0.1) is 11.8 Å². The second kappa shape index (κ2) is 15.3. The Morgan fingerprint density at radius 2 is 1.73 bits per heavy atom. The van der Waals surface area contributed by atoms with Crippen LogP contribution in [0.5, 0.6) is 11.6 Å². The smallest absolute Gasteiger partial charge is 0.494 e. The topological polar surface area (TPSA) is 73.4 Å². The third-order valence-corrected chi connectivity index (χ3v) is 8.21. The molecule has 2 heterocycles. The standard InChI is InChI=1S/C31H39Cl2N3O5/c1-22(2)23(3)20-39-31(37)41-21-40-29-12-10-24-9-11-25(19-27(24)34-29)38-18-5-4-13-35-14-16-36(17-15-35)28-8-6-7-26(32)30(28)33/h6-12,19,22-23H,4-5,13-18,20-21H2,1-3H3. The highest BCUT2D eigenvalue weighted by Crippen LogP contribution is 2.33. The van der Waals surface area contributed by atoms with Gasteiger partial charge in [-0.25, -0.2) is 9.78 Å². The zero-order chi connectivity index (χ0) is 29.2. The number of rotatable bonds is 13. The summed E-state index contributed by atoms with van der Waals surface area (Å²) in [7, 11) is 0. The van der Waals surface area contributed by atoms with Crippen molar-refractivity contribution in [3.8, 4) is 11.6 Å². The average molecular weight is 605 g/mol. The fourth-order valence-corrected chi connectivity index (χ4v) is 4.81. The molecule has 8 nitrogen and oxygen atoms in total. The summed E-state index contributed by atoms with van der Waals surface area (Å²) >= 11 is 12.6. The van der Waals surface area contributed by atoms with Crippen molar-refractivity contribution in [1.29, 1.82) is 0 Å². The van der Waals surface area contributed by atoms with Crippen LogP contribution < -0.4 is 14.4 Å². The van der Waals surface area contributed by atoms with Crippen molar-refractivity contribution in [2.75, 3.05) is 57.6 Å². The highest BCUT2D eigenvalue weighted by molar-refractivity contribution is 6.43. The van der Waals surface area contributed by atoms with Crippen LogP contribution in [0.2, 0.25) is 10.0 Å². The zero-order valence-electron chi connectivity index (χ0n) is 24.0. The van der Waals surface area contributed by atoms with Crippen LogP contribution in [0.4, 0.5) is 10.5 Å². The zero-order valence-corrected chi connectivity index (χ0v) is 25.5. The van der Waals surface area contributed by atoms with E-state index in [0.29, 0.717) is 35.1 Å². The van der Waals surface area contributed by atoms with Crippen molar-refractivity contribution in [2.24, 2.45) is 11.8 Å². The van der Waals surface area contributed by atoms with E-state index >= 15 is 0 Å². The molecule has 1 aliphatic heterocycles. The van der Waals surface area contributed by atoms with Gasteiger partial charge in [-0.2, -0.15) is 0 Å². The van der Waals surface area contributed by atoms with E-state index in [4.69, 9.17) is 42.1 Å². The molecule has 0 bridgehead atoms. The van der Waals surface area contributed by atoms with Crippen molar-refractivity contribution in [3.05, 3.63) is 58.6 Å². The van der Waals surface area contributed by atoms with Gasteiger partial charge in [-0.15, -0.1) is 0 Å². The summed E-state index contributed by atoms with van der Waals surface area (Å²) in [6.07, 6.45) is 1.26. The summed E-state index contributed by atoms with van der Waals surface area (Å²) < 4.78 is 21.6. The Balaban J connectivity index is 1.14. The Bertz CT molecular complexity index is 1280. The van der Waals surface area contributed by atoms with E-state index in [2.05, 4.69) is 28.6 Å². The number of piperazine rings is 1. The monoisotopic (exact) mass is 603 g/mol. The molecular weight excluding hydrogens is 565 g/mol. The summed E-state index contributed by atoms with van der Waals surface area (Å²) in [5, 5.41) is 2.19. The summed E-state index contributed by atoms with van der Waals surface area (Å²) in [5.41, 5.74) is 1.75. The molecule has 0 spiro atoms. The molecule has 3 aromatic rings. The maximum Gasteiger partial charge on any atom is 0.511 e. The number of unbranched alkanes of at least 4 members (excludes halogenated alkanes) is 1. The fourth-order valence-electron chi connectivity index (χ4n) is 4.40. The first kappa shape index (κ1) is 31.0. The predicted molar refractivity (Wildman–Crippen MR) is 164 cm³/mol. The van der Waals surface area contributed by atoms with Gasteiger partial charge in [-0.3, -0.25) is 4.90 Å². The van der Waals surface area contributed by atoms with Gasteiger partial charge in [0.25, 0.3) is 0 Å². The maximum absolute atomic E-state index is 11.8. The van der Waals surface area contributed by atoms with Crippen LogP contribution in [-0.4, -0.2) is 68.8 Å². The van der Waals surface area contributed by atoms with E-state index in [-0.39, 0.29) is 12.7 Å². The lowest BCUT2D eigenvalue weighted by atomic mass is 10.00. The number of nitrogens with zero attached hydrogens (tertiary/aromatic N) is 3. The van der Waals surface area contributed by atoms with E-state index in [1.807, 2.05) is 49.4 Å². The van der Waals surface area contributed by atoms with Gasteiger partial charge in [-0.1, -0.05) is 50.0 Å². The molecule has 41 heavy (non-hydrogen) atoms. The quantitative estimate of drug-likeness (QED) is 0.114. The maximum atomic E-state index is 11.8. The van der Waals surface area contributed by atoms with Crippen LogP contribution in [-0.2, 0) is 9.47 Å². The van der Waals surface area contributed by atoms with Crippen LogP contribution in [0.1, 0.15) is 33.6 Å². The minimum absolute atomic E-state index is 0.254. The number of fused-ring (bicyclic) bond motifs is 1. The molecule has 2 aromatic carbocycles. The Morgan fingerprint density at radius 1 is 0.951 bits per heavy atom. The van der Waals surface area contributed by atoms with Crippen LogP contribution in [0.3, 0.4) is 0 Å². The Labute approximate surface area is 252 Å². The minimum Gasteiger partial charge on any atom is -0.494 e. The van der Waals surface area contributed by atoms with E-state index in [0.717, 1.165) is 67.9 Å². The molecule has 1 saturated heterocycles. The van der Waals surface area contributed by atoms with Gasteiger partial charge >= 0.3 is 6.16 Å². The largest absolute Gasteiger partial charge is 0.511 e. The molecule has 0 amide bonds. The predicted octanol–water partition coefficient (Wildman–Crippen LogP) is 7.30. The van der Waals surface area contributed by atoms with Crippen molar-refractivity contribution in [1.82, 2.24) is 9.88 Å². The third kappa shape index (κ3) is 9.28. The lowest BCUT2D eigenvalue weighted by Gasteiger charge is -2.36. The van der Waals surface area contributed by atoms with Crippen LogP contribution >= 0.6 is 23.2 Å². The number of halogens is 2. The van der Waals surface area contributed by atoms with E-state index in [1.165, 1.54) is 0 Å². The number of anilines is 1. The van der Waals surface area contributed by atoms with Gasteiger partial charge in [0.2, 0.25) is 12.7 Å². The van der Waals surface area contributed by atoms with E-state index < -0.39 is 6.16 Å². The van der Waals surface area contributed by atoms with Gasteiger partial charge in [0.15, 0.2) is 0 Å². The van der Waals surface area contributed by atoms with Crippen molar-refractivity contribution >= 4 is 45.9 Å². The lowest BCUT2D eigenvalue weighted by Crippen LogP contribution is -2.46. The van der Waals surface area contributed by atoms with E-state index in [9.17, 15) is 4.79 Å². The molecule has 0 saturated carbocycles. The first-order valence-electron chi connectivity index (χ1n) is 14.2.